The molecule has 0 aromatic carbocycles. The van der Waals surface area contributed by atoms with Crippen molar-refractivity contribution in [3.05, 3.63) is 20.8 Å². The van der Waals surface area contributed by atoms with Crippen molar-refractivity contribution in [3.8, 4) is 0 Å². The predicted octanol–water partition coefficient (Wildman–Crippen LogP) is 1.42. The van der Waals surface area contributed by atoms with Crippen LogP contribution in [-0.2, 0) is 24.7 Å². The van der Waals surface area contributed by atoms with Crippen LogP contribution in [-0.4, -0.2) is 28.5 Å². The molecular formula is C15H20N4O2S. The molecule has 6 nitrogen and oxygen atoms in total. The second kappa shape index (κ2) is 6.08. The zero-order valence-electron chi connectivity index (χ0n) is 12.9. The van der Waals surface area contributed by atoms with E-state index in [0.717, 1.165) is 29.5 Å². The van der Waals surface area contributed by atoms with E-state index in [9.17, 15) is 9.59 Å². The number of fused-ring (bicyclic) bond motifs is 3. The lowest BCUT2D eigenvalue weighted by atomic mass is 9.97. The van der Waals surface area contributed by atoms with E-state index in [1.54, 1.807) is 18.4 Å². The van der Waals surface area contributed by atoms with Gasteiger partial charge in [0.05, 0.1) is 11.9 Å². The standard InChI is InChI=1S/C15H20N4O2S/c1-3-16-11(20)8-17-15-18-13-12(14(21)19(15)2)9-6-4-5-7-10(9)22-13/h3-8H2,1-2H3,(H,16,20)(H,17,18). The number of likely N-dealkylation sites (N-methyl/N-ethyl adjacent to an activating group) is 1. The van der Waals surface area contributed by atoms with Crippen LogP contribution < -0.4 is 16.2 Å². The van der Waals surface area contributed by atoms with Gasteiger partial charge in [0.2, 0.25) is 11.9 Å². The Kier molecular flexibility index (Phi) is 4.15. The van der Waals surface area contributed by atoms with Gasteiger partial charge in [-0.3, -0.25) is 14.2 Å². The molecule has 22 heavy (non-hydrogen) atoms. The Hall–Kier alpha value is -1.89. The summed E-state index contributed by atoms with van der Waals surface area (Å²) in [5.41, 5.74) is 1.16. The number of nitrogens with zero attached hydrogens (tertiary/aromatic N) is 2. The molecule has 1 aliphatic rings. The van der Waals surface area contributed by atoms with Gasteiger partial charge in [0.1, 0.15) is 4.83 Å². The molecule has 0 fully saturated rings. The van der Waals surface area contributed by atoms with Crippen LogP contribution in [0.1, 0.15) is 30.2 Å². The maximum absolute atomic E-state index is 12.6. The molecule has 1 amide bonds. The Morgan fingerprint density at radius 2 is 2.14 bits per heavy atom. The summed E-state index contributed by atoms with van der Waals surface area (Å²) in [6.07, 6.45) is 4.33. The highest BCUT2D eigenvalue weighted by Crippen LogP contribution is 2.34. The largest absolute Gasteiger partial charge is 0.355 e. The molecule has 0 radical (unpaired) electrons. The second-order valence-electron chi connectivity index (χ2n) is 5.50. The second-order valence-corrected chi connectivity index (χ2v) is 6.58. The quantitative estimate of drug-likeness (QED) is 0.893. The number of rotatable bonds is 4. The van der Waals surface area contributed by atoms with E-state index in [0.29, 0.717) is 12.5 Å². The predicted molar refractivity (Wildman–Crippen MR) is 88.7 cm³/mol. The number of hydrogen-bond donors (Lipinski definition) is 2. The van der Waals surface area contributed by atoms with E-state index in [-0.39, 0.29) is 18.0 Å². The van der Waals surface area contributed by atoms with Gasteiger partial charge in [-0.25, -0.2) is 4.98 Å². The third-order valence-corrected chi connectivity index (χ3v) is 5.16. The number of anilines is 1. The summed E-state index contributed by atoms with van der Waals surface area (Å²) in [5, 5.41) is 6.44. The number of amides is 1. The highest BCUT2D eigenvalue weighted by atomic mass is 32.1. The SMILES string of the molecule is CCNC(=O)CNc1nc2sc3c(c2c(=O)n1C)CCCC3. The van der Waals surface area contributed by atoms with E-state index in [4.69, 9.17) is 0 Å². The van der Waals surface area contributed by atoms with Crippen LogP contribution in [0.4, 0.5) is 5.95 Å². The molecule has 0 saturated carbocycles. The van der Waals surface area contributed by atoms with Crippen LogP contribution in [0.5, 0.6) is 0 Å². The molecule has 0 saturated heterocycles. The molecular weight excluding hydrogens is 300 g/mol. The fourth-order valence-corrected chi connectivity index (χ4v) is 4.11. The summed E-state index contributed by atoms with van der Waals surface area (Å²) in [7, 11) is 1.70. The van der Waals surface area contributed by atoms with Gasteiger partial charge in [0, 0.05) is 18.5 Å². The van der Waals surface area contributed by atoms with Crippen LogP contribution in [0.15, 0.2) is 4.79 Å². The molecule has 2 heterocycles. The minimum Gasteiger partial charge on any atom is -0.355 e. The van der Waals surface area contributed by atoms with E-state index in [1.165, 1.54) is 21.4 Å². The van der Waals surface area contributed by atoms with E-state index in [2.05, 4.69) is 15.6 Å². The summed E-state index contributed by atoms with van der Waals surface area (Å²) in [5.74, 6) is 0.338. The molecule has 0 spiro atoms. The van der Waals surface area contributed by atoms with Crippen molar-refractivity contribution in [2.24, 2.45) is 7.05 Å². The minimum absolute atomic E-state index is 0.0252. The average Bonchev–Trinajstić information content (AvgIpc) is 2.88. The van der Waals surface area contributed by atoms with Crippen LogP contribution in [0, 0.1) is 0 Å². The van der Waals surface area contributed by atoms with Crippen molar-refractivity contribution in [2.45, 2.75) is 32.6 Å². The maximum atomic E-state index is 12.6. The molecule has 7 heteroatoms. The molecule has 0 bridgehead atoms. The van der Waals surface area contributed by atoms with Crippen LogP contribution in [0.3, 0.4) is 0 Å². The average molecular weight is 320 g/mol. The molecule has 0 atom stereocenters. The topological polar surface area (TPSA) is 76.0 Å². The number of thiophene rings is 1. The number of aromatic nitrogens is 2. The first-order valence-corrected chi connectivity index (χ1v) is 8.45. The highest BCUT2D eigenvalue weighted by Gasteiger charge is 2.21. The first-order chi connectivity index (χ1) is 10.6. The van der Waals surface area contributed by atoms with Crippen LogP contribution in [0.2, 0.25) is 0 Å². The lowest BCUT2D eigenvalue weighted by Gasteiger charge is -2.11. The normalized spacial score (nSPS) is 13.9. The van der Waals surface area contributed by atoms with Gasteiger partial charge in [0.15, 0.2) is 0 Å². The Bertz CT molecular complexity index is 778. The van der Waals surface area contributed by atoms with E-state index < -0.39 is 0 Å². The number of carbonyl (C=O) groups is 1. The van der Waals surface area contributed by atoms with Crippen molar-refractivity contribution in [1.82, 2.24) is 14.9 Å². The Balaban J connectivity index is 1.97. The van der Waals surface area contributed by atoms with Crippen molar-refractivity contribution in [2.75, 3.05) is 18.4 Å². The molecule has 1 aliphatic carbocycles. The summed E-state index contributed by atoms with van der Waals surface area (Å²) < 4.78 is 1.50. The van der Waals surface area contributed by atoms with Gasteiger partial charge >= 0.3 is 0 Å². The summed E-state index contributed by atoms with van der Waals surface area (Å²) in [4.78, 5) is 30.8. The third-order valence-electron chi connectivity index (χ3n) is 3.98. The smallest absolute Gasteiger partial charge is 0.263 e. The number of nitrogens with one attached hydrogen (secondary N) is 2. The van der Waals surface area contributed by atoms with Gasteiger partial charge in [0.25, 0.3) is 5.56 Å². The van der Waals surface area contributed by atoms with Crippen LogP contribution in [0.25, 0.3) is 10.2 Å². The van der Waals surface area contributed by atoms with Gasteiger partial charge in [-0.05, 0) is 38.2 Å². The van der Waals surface area contributed by atoms with Crippen molar-refractivity contribution < 1.29 is 4.79 Å². The maximum Gasteiger partial charge on any atom is 0.263 e. The summed E-state index contributed by atoms with van der Waals surface area (Å²) in [6, 6.07) is 0. The number of aryl methyl sites for hydroxylation is 2. The van der Waals surface area contributed by atoms with Crippen molar-refractivity contribution >= 4 is 33.4 Å². The molecule has 2 aromatic heterocycles. The van der Waals surface area contributed by atoms with E-state index >= 15 is 0 Å². The number of hydrogen-bond acceptors (Lipinski definition) is 5. The Morgan fingerprint density at radius 3 is 2.91 bits per heavy atom. The monoisotopic (exact) mass is 320 g/mol. The van der Waals surface area contributed by atoms with Crippen LogP contribution >= 0.6 is 11.3 Å². The van der Waals surface area contributed by atoms with Gasteiger partial charge in [-0.15, -0.1) is 11.3 Å². The highest BCUT2D eigenvalue weighted by molar-refractivity contribution is 7.18. The van der Waals surface area contributed by atoms with Gasteiger partial charge < -0.3 is 10.6 Å². The van der Waals surface area contributed by atoms with Crippen molar-refractivity contribution in [3.63, 3.8) is 0 Å². The Labute approximate surface area is 132 Å². The zero-order valence-corrected chi connectivity index (χ0v) is 13.7. The summed E-state index contributed by atoms with van der Waals surface area (Å²) in [6.45, 7) is 2.57. The first-order valence-electron chi connectivity index (χ1n) is 7.63. The lowest BCUT2D eigenvalue weighted by molar-refractivity contribution is -0.119. The molecule has 2 aromatic rings. The van der Waals surface area contributed by atoms with Gasteiger partial charge in [-0.2, -0.15) is 0 Å². The first kappa shape index (κ1) is 15.0. The molecule has 0 unspecified atom stereocenters. The lowest BCUT2D eigenvalue weighted by Crippen LogP contribution is -2.31. The fraction of sp³-hybridized carbons (Fsp3) is 0.533. The minimum atomic E-state index is -0.109. The molecule has 118 valence electrons. The molecule has 2 N–H and O–H groups in total. The molecule has 0 aliphatic heterocycles. The fourth-order valence-electron chi connectivity index (χ4n) is 2.86. The summed E-state index contributed by atoms with van der Waals surface area (Å²) >= 11 is 1.62. The third kappa shape index (κ3) is 2.61. The van der Waals surface area contributed by atoms with Crippen molar-refractivity contribution in [1.29, 1.82) is 0 Å². The van der Waals surface area contributed by atoms with E-state index in [1.807, 2.05) is 6.92 Å². The molecule has 3 rings (SSSR count). The number of carbonyl (C=O) groups excluding carboxylic acids is 1. The zero-order chi connectivity index (χ0) is 15.7. The van der Waals surface area contributed by atoms with Gasteiger partial charge in [-0.1, -0.05) is 0 Å². The Morgan fingerprint density at radius 1 is 1.36 bits per heavy atom.